The Morgan fingerprint density at radius 3 is 2.53 bits per heavy atom. The van der Waals surface area contributed by atoms with Crippen molar-refractivity contribution in [3.8, 4) is 0 Å². The third kappa shape index (κ3) is 2.96. The lowest BCUT2D eigenvalue weighted by Gasteiger charge is -2.11. The second kappa shape index (κ2) is 5.34. The van der Waals surface area contributed by atoms with Gasteiger partial charge >= 0.3 is 0 Å². The molecule has 0 bridgehead atoms. The van der Waals surface area contributed by atoms with Crippen LogP contribution in [0.3, 0.4) is 0 Å². The van der Waals surface area contributed by atoms with E-state index in [-0.39, 0.29) is 16.9 Å². The summed E-state index contributed by atoms with van der Waals surface area (Å²) in [4.78, 5) is 11.3. The van der Waals surface area contributed by atoms with Gasteiger partial charge in [0.2, 0.25) is 0 Å². The quantitative estimate of drug-likeness (QED) is 0.431. The smallest absolute Gasteiger partial charge is 0.264 e. The Bertz CT molecular complexity index is 380. The SMILES string of the molecule is CC(Br)C(=O)c1c(I)cccc1C(F)F. The summed E-state index contributed by atoms with van der Waals surface area (Å²) in [5, 5.41) is 0. The Hall–Kier alpha value is -0.0400. The normalized spacial score (nSPS) is 12.9. The van der Waals surface area contributed by atoms with Gasteiger partial charge in [-0.05, 0) is 35.6 Å². The van der Waals surface area contributed by atoms with Crippen molar-refractivity contribution < 1.29 is 13.6 Å². The molecule has 1 rings (SSSR count). The fourth-order valence-electron chi connectivity index (χ4n) is 1.18. The van der Waals surface area contributed by atoms with Gasteiger partial charge < -0.3 is 0 Å². The second-order valence-electron chi connectivity index (χ2n) is 2.99. The van der Waals surface area contributed by atoms with Crippen molar-refractivity contribution >= 4 is 44.3 Å². The largest absolute Gasteiger partial charge is 0.293 e. The van der Waals surface area contributed by atoms with Crippen LogP contribution in [0.1, 0.15) is 29.3 Å². The number of Topliss-reactive ketones (excluding diaryl/α,β-unsaturated/α-hetero) is 1. The molecule has 1 aromatic carbocycles. The van der Waals surface area contributed by atoms with E-state index in [9.17, 15) is 13.6 Å². The molecule has 0 aliphatic heterocycles. The summed E-state index contributed by atoms with van der Waals surface area (Å²) < 4.78 is 25.9. The highest BCUT2D eigenvalue weighted by Gasteiger charge is 2.23. The summed E-state index contributed by atoms with van der Waals surface area (Å²) in [6, 6.07) is 4.46. The number of halogens is 4. The lowest BCUT2D eigenvalue weighted by Crippen LogP contribution is -2.14. The molecular formula is C10H8BrF2IO. The fourth-order valence-corrected chi connectivity index (χ4v) is 2.20. The molecule has 0 aromatic heterocycles. The molecule has 15 heavy (non-hydrogen) atoms. The molecule has 0 fully saturated rings. The Kier molecular flexibility index (Phi) is 4.64. The predicted molar refractivity (Wildman–Crippen MR) is 66.8 cm³/mol. The maximum Gasteiger partial charge on any atom is 0.264 e. The predicted octanol–water partition coefficient (Wildman–Crippen LogP) is 4.19. The van der Waals surface area contributed by atoms with Gasteiger partial charge in [0.05, 0.1) is 4.83 Å². The molecule has 0 N–H and O–H groups in total. The van der Waals surface area contributed by atoms with Gasteiger partial charge in [-0.25, -0.2) is 8.78 Å². The monoisotopic (exact) mass is 388 g/mol. The van der Waals surface area contributed by atoms with Crippen LogP contribution in [-0.2, 0) is 0 Å². The minimum absolute atomic E-state index is 0.123. The first-order chi connectivity index (χ1) is 6.95. The van der Waals surface area contributed by atoms with Gasteiger partial charge in [0.15, 0.2) is 5.78 Å². The van der Waals surface area contributed by atoms with E-state index in [4.69, 9.17) is 0 Å². The average Bonchev–Trinajstić information content (AvgIpc) is 2.16. The van der Waals surface area contributed by atoms with Crippen LogP contribution in [0.4, 0.5) is 8.78 Å². The van der Waals surface area contributed by atoms with E-state index in [1.807, 2.05) is 22.6 Å². The summed E-state index contributed by atoms with van der Waals surface area (Å²) in [6.45, 7) is 1.63. The Morgan fingerprint density at radius 2 is 2.07 bits per heavy atom. The summed E-state index contributed by atoms with van der Waals surface area (Å²) in [6.07, 6.45) is -2.62. The van der Waals surface area contributed by atoms with Crippen molar-refractivity contribution in [2.75, 3.05) is 0 Å². The molecule has 0 heterocycles. The van der Waals surface area contributed by atoms with Gasteiger partial charge in [0, 0.05) is 14.7 Å². The third-order valence-electron chi connectivity index (χ3n) is 1.89. The van der Waals surface area contributed by atoms with Gasteiger partial charge in [-0.1, -0.05) is 28.1 Å². The van der Waals surface area contributed by atoms with Gasteiger partial charge in [-0.15, -0.1) is 0 Å². The van der Waals surface area contributed by atoms with E-state index in [1.54, 1.807) is 13.0 Å². The van der Waals surface area contributed by atoms with E-state index in [0.717, 1.165) is 0 Å². The van der Waals surface area contributed by atoms with Crippen LogP contribution < -0.4 is 0 Å². The van der Waals surface area contributed by atoms with Crippen LogP contribution in [0.2, 0.25) is 0 Å². The molecular weight excluding hydrogens is 381 g/mol. The van der Waals surface area contributed by atoms with Crippen LogP contribution >= 0.6 is 38.5 Å². The van der Waals surface area contributed by atoms with Gasteiger partial charge in [-0.3, -0.25) is 4.79 Å². The minimum Gasteiger partial charge on any atom is -0.293 e. The molecule has 0 radical (unpaired) electrons. The standard InChI is InChI=1S/C10H8BrF2IO/c1-5(11)9(15)8-6(10(12)13)3-2-4-7(8)14/h2-5,10H,1H3. The van der Waals surface area contributed by atoms with Crippen molar-refractivity contribution in [3.63, 3.8) is 0 Å². The van der Waals surface area contributed by atoms with Crippen LogP contribution in [0.15, 0.2) is 18.2 Å². The van der Waals surface area contributed by atoms with Gasteiger partial charge in [0.1, 0.15) is 0 Å². The number of rotatable bonds is 3. The number of hydrogen-bond donors (Lipinski definition) is 0. The summed E-state index contributed by atoms with van der Waals surface area (Å²) in [5.74, 6) is -0.310. The van der Waals surface area contributed by atoms with E-state index < -0.39 is 11.3 Å². The molecule has 82 valence electrons. The van der Waals surface area contributed by atoms with E-state index in [2.05, 4.69) is 15.9 Å². The zero-order valence-electron chi connectivity index (χ0n) is 7.81. The average molecular weight is 389 g/mol. The minimum atomic E-state index is -2.62. The topological polar surface area (TPSA) is 17.1 Å². The van der Waals surface area contributed by atoms with Crippen molar-refractivity contribution in [1.82, 2.24) is 0 Å². The molecule has 1 aromatic rings. The summed E-state index contributed by atoms with van der Waals surface area (Å²) in [7, 11) is 0. The molecule has 0 aliphatic rings. The first-order valence-electron chi connectivity index (χ1n) is 4.20. The summed E-state index contributed by atoms with van der Waals surface area (Å²) >= 11 is 4.99. The highest BCUT2D eigenvalue weighted by Crippen LogP contribution is 2.28. The highest BCUT2D eigenvalue weighted by molar-refractivity contribution is 14.1. The zero-order chi connectivity index (χ0) is 11.6. The number of benzene rings is 1. The molecule has 0 spiro atoms. The van der Waals surface area contributed by atoms with Crippen LogP contribution in [0.5, 0.6) is 0 Å². The van der Waals surface area contributed by atoms with E-state index >= 15 is 0 Å². The van der Waals surface area contributed by atoms with Crippen molar-refractivity contribution in [1.29, 1.82) is 0 Å². The molecule has 1 nitrogen and oxygen atoms in total. The number of ketones is 1. The zero-order valence-corrected chi connectivity index (χ0v) is 11.6. The molecule has 5 heteroatoms. The number of carbonyl (C=O) groups excluding carboxylic acids is 1. The molecule has 0 saturated heterocycles. The fraction of sp³-hybridized carbons (Fsp3) is 0.300. The molecule has 0 amide bonds. The number of alkyl halides is 3. The molecule has 1 atom stereocenters. The Morgan fingerprint density at radius 1 is 1.47 bits per heavy atom. The maximum atomic E-state index is 12.7. The van der Waals surface area contributed by atoms with Crippen molar-refractivity contribution in [2.45, 2.75) is 18.2 Å². The van der Waals surface area contributed by atoms with Crippen LogP contribution in [0, 0.1) is 3.57 Å². The van der Waals surface area contributed by atoms with Crippen LogP contribution in [0.25, 0.3) is 0 Å². The number of carbonyl (C=O) groups is 1. The van der Waals surface area contributed by atoms with E-state index in [0.29, 0.717) is 3.57 Å². The molecule has 0 saturated carbocycles. The van der Waals surface area contributed by atoms with Gasteiger partial charge in [-0.2, -0.15) is 0 Å². The lowest BCUT2D eigenvalue weighted by atomic mass is 10.0. The number of hydrogen-bond acceptors (Lipinski definition) is 1. The molecule has 0 aliphatic carbocycles. The van der Waals surface area contributed by atoms with Crippen LogP contribution in [-0.4, -0.2) is 10.6 Å². The first-order valence-corrected chi connectivity index (χ1v) is 6.19. The Labute approximate surface area is 109 Å². The summed E-state index contributed by atoms with van der Waals surface area (Å²) in [5.41, 5.74) is -0.0734. The molecule has 1 unspecified atom stereocenters. The maximum absolute atomic E-state index is 12.7. The highest BCUT2D eigenvalue weighted by atomic mass is 127. The van der Waals surface area contributed by atoms with Gasteiger partial charge in [0.25, 0.3) is 6.43 Å². The Balaban J connectivity index is 3.31. The second-order valence-corrected chi connectivity index (χ2v) is 5.52. The van der Waals surface area contributed by atoms with Crippen molar-refractivity contribution in [2.24, 2.45) is 0 Å². The van der Waals surface area contributed by atoms with E-state index in [1.165, 1.54) is 12.1 Å². The first kappa shape index (κ1) is 13.0. The van der Waals surface area contributed by atoms with Crippen molar-refractivity contribution in [3.05, 3.63) is 32.9 Å². The third-order valence-corrected chi connectivity index (χ3v) is 3.20. The lowest BCUT2D eigenvalue weighted by molar-refractivity contribution is 0.0981.